The molecular formula is C13H16N4O3S2. The van der Waals surface area contributed by atoms with Crippen LogP contribution in [0, 0.1) is 5.41 Å². The van der Waals surface area contributed by atoms with E-state index < -0.39 is 21.2 Å². The molecule has 1 N–H and O–H groups in total. The maximum absolute atomic E-state index is 12.2. The van der Waals surface area contributed by atoms with E-state index in [1.165, 1.54) is 11.3 Å². The van der Waals surface area contributed by atoms with E-state index in [0.717, 1.165) is 11.8 Å². The number of hydrogen-bond donors (Lipinski definition) is 1. The fourth-order valence-corrected chi connectivity index (χ4v) is 4.04. The van der Waals surface area contributed by atoms with Crippen LogP contribution in [-0.2, 0) is 14.6 Å². The van der Waals surface area contributed by atoms with Crippen molar-refractivity contribution in [3.8, 4) is 10.6 Å². The zero-order valence-electron chi connectivity index (χ0n) is 12.4. The Morgan fingerprint density at radius 3 is 2.68 bits per heavy atom. The van der Waals surface area contributed by atoms with Gasteiger partial charge in [-0.25, -0.2) is 8.42 Å². The van der Waals surface area contributed by atoms with Crippen molar-refractivity contribution < 1.29 is 13.2 Å². The third-order valence-corrected chi connectivity index (χ3v) is 4.93. The number of rotatable bonds is 5. The number of nitrogens with zero attached hydrogens (tertiary/aromatic N) is 3. The predicted molar refractivity (Wildman–Crippen MR) is 85.3 cm³/mol. The van der Waals surface area contributed by atoms with Gasteiger partial charge in [0.05, 0.1) is 11.2 Å². The molecule has 0 aliphatic heterocycles. The van der Waals surface area contributed by atoms with Gasteiger partial charge < -0.3 is 5.32 Å². The van der Waals surface area contributed by atoms with Gasteiger partial charge in [0.2, 0.25) is 11.0 Å². The molecule has 2 aromatic rings. The second kappa shape index (κ2) is 6.09. The van der Waals surface area contributed by atoms with Crippen LogP contribution in [0.2, 0.25) is 0 Å². The molecule has 0 aromatic carbocycles. The van der Waals surface area contributed by atoms with E-state index in [0.29, 0.717) is 10.1 Å². The fraction of sp³-hybridized carbons (Fsp3) is 0.385. The highest BCUT2D eigenvalue weighted by molar-refractivity contribution is 7.90. The van der Waals surface area contributed by atoms with Crippen LogP contribution < -0.4 is 5.32 Å². The number of anilines is 1. The molecule has 0 unspecified atom stereocenters. The van der Waals surface area contributed by atoms with Crippen molar-refractivity contribution in [1.29, 1.82) is 0 Å². The molecule has 22 heavy (non-hydrogen) atoms. The molecule has 9 heteroatoms. The van der Waals surface area contributed by atoms with Gasteiger partial charge in [-0.2, -0.15) is 0 Å². The summed E-state index contributed by atoms with van der Waals surface area (Å²) in [5.74, 6) is -0.646. The maximum atomic E-state index is 12.2. The molecule has 0 bridgehead atoms. The van der Waals surface area contributed by atoms with Gasteiger partial charge in [0, 0.05) is 24.2 Å². The zero-order valence-corrected chi connectivity index (χ0v) is 14.0. The molecule has 118 valence electrons. The minimum Gasteiger partial charge on any atom is -0.300 e. The van der Waals surface area contributed by atoms with Crippen LogP contribution in [0.3, 0.4) is 0 Å². The Bertz CT molecular complexity index is 770. The minimum absolute atomic E-state index is 0.236. The third-order valence-electron chi connectivity index (χ3n) is 2.79. The van der Waals surface area contributed by atoms with E-state index in [-0.39, 0.29) is 5.75 Å². The van der Waals surface area contributed by atoms with Gasteiger partial charge in [-0.05, 0) is 12.1 Å². The Balaban J connectivity index is 2.12. The first-order valence-corrected chi connectivity index (χ1v) is 9.28. The Labute approximate surface area is 132 Å². The molecule has 0 saturated heterocycles. The Morgan fingerprint density at radius 1 is 1.36 bits per heavy atom. The van der Waals surface area contributed by atoms with Crippen LogP contribution in [0.25, 0.3) is 10.6 Å². The lowest BCUT2D eigenvalue weighted by molar-refractivity contribution is -0.123. The average Bonchev–Trinajstić information content (AvgIpc) is 2.85. The first-order valence-electron chi connectivity index (χ1n) is 6.40. The molecule has 1 amide bonds. The number of amides is 1. The number of hydrogen-bond acceptors (Lipinski definition) is 7. The summed E-state index contributed by atoms with van der Waals surface area (Å²) < 4.78 is 22.8. The van der Waals surface area contributed by atoms with E-state index in [4.69, 9.17) is 0 Å². The monoisotopic (exact) mass is 340 g/mol. The van der Waals surface area contributed by atoms with Crippen molar-refractivity contribution in [2.45, 2.75) is 13.8 Å². The Morgan fingerprint density at radius 2 is 2.09 bits per heavy atom. The lowest BCUT2D eigenvalue weighted by Gasteiger charge is -2.21. The zero-order chi connectivity index (χ0) is 16.4. The average molecular weight is 340 g/mol. The summed E-state index contributed by atoms with van der Waals surface area (Å²) in [6, 6.07) is 3.62. The van der Waals surface area contributed by atoms with Crippen molar-refractivity contribution in [3.05, 3.63) is 24.5 Å². The second-order valence-electron chi connectivity index (χ2n) is 5.56. The van der Waals surface area contributed by atoms with Crippen molar-refractivity contribution in [1.82, 2.24) is 15.2 Å². The lowest BCUT2D eigenvalue weighted by atomic mass is 9.95. The second-order valence-corrected chi connectivity index (χ2v) is 8.68. The summed E-state index contributed by atoms with van der Waals surface area (Å²) in [5.41, 5.74) is -0.246. The largest absolute Gasteiger partial charge is 0.300 e. The van der Waals surface area contributed by atoms with Gasteiger partial charge >= 0.3 is 0 Å². The van der Waals surface area contributed by atoms with E-state index in [1.54, 1.807) is 32.3 Å². The van der Waals surface area contributed by atoms with E-state index in [2.05, 4.69) is 20.5 Å². The number of pyridine rings is 1. The van der Waals surface area contributed by atoms with Gasteiger partial charge in [0.25, 0.3) is 0 Å². The highest BCUT2D eigenvalue weighted by Gasteiger charge is 2.32. The summed E-state index contributed by atoms with van der Waals surface area (Å²) in [6.07, 6.45) is 4.41. The van der Waals surface area contributed by atoms with Crippen LogP contribution in [0.4, 0.5) is 5.13 Å². The molecule has 0 spiro atoms. The van der Waals surface area contributed by atoms with E-state index in [9.17, 15) is 13.2 Å². The lowest BCUT2D eigenvalue weighted by Crippen LogP contribution is -2.36. The molecule has 2 heterocycles. The normalized spacial score (nSPS) is 12.1. The summed E-state index contributed by atoms with van der Waals surface area (Å²) in [4.78, 5) is 16.2. The number of nitrogens with one attached hydrogen (secondary N) is 1. The molecular weight excluding hydrogens is 324 g/mol. The molecule has 2 aromatic heterocycles. The summed E-state index contributed by atoms with van der Waals surface area (Å²) in [5, 5.41) is 11.5. The van der Waals surface area contributed by atoms with Crippen molar-refractivity contribution in [3.63, 3.8) is 0 Å². The van der Waals surface area contributed by atoms with Crippen LogP contribution in [-0.4, -0.2) is 41.5 Å². The standard InChI is InChI=1S/C13H16N4O3S2/c1-13(2,8-22(3,19)20)11(18)15-12-17-16-10(21-12)9-5-4-6-14-7-9/h4-7H,8H2,1-3H3,(H,15,17,18). The van der Waals surface area contributed by atoms with E-state index in [1.807, 2.05) is 6.07 Å². The van der Waals surface area contributed by atoms with Crippen LogP contribution >= 0.6 is 11.3 Å². The highest BCUT2D eigenvalue weighted by atomic mass is 32.2. The molecule has 0 fully saturated rings. The van der Waals surface area contributed by atoms with Crippen LogP contribution in [0.5, 0.6) is 0 Å². The summed E-state index contributed by atoms with van der Waals surface area (Å²) in [7, 11) is -3.26. The highest BCUT2D eigenvalue weighted by Crippen LogP contribution is 2.27. The van der Waals surface area contributed by atoms with Gasteiger partial charge in [-0.15, -0.1) is 10.2 Å². The van der Waals surface area contributed by atoms with Gasteiger partial charge in [-0.1, -0.05) is 25.2 Å². The van der Waals surface area contributed by atoms with Crippen molar-refractivity contribution in [2.75, 3.05) is 17.3 Å². The maximum Gasteiger partial charge on any atom is 0.232 e. The molecule has 0 saturated carbocycles. The van der Waals surface area contributed by atoms with Crippen molar-refractivity contribution in [2.24, 2.45) is 5.41 Å². The van der Waals surface area contributed by atoms with E-state index >= 15 is 0 Å². The summed E-state index contributed by atoms with van der Waals surface area (Å²) in [6.45, 7) is 3.15. The molecule has 0 aliphatic rings. The predicted octanol–water partition coefficient (Wildman–Crippen LogP) is 1.61. The van der Waals surface area contributed by atoms with Gasteiger partial charge in [0.1, 0.15) is 9.84 Å². The quantitative estimate of drug-likeness (QED) is 0.887. The number of carbonyl (C=O) groups excluding carboxylic acids is 1. The SMILES string of the molecule is CC(C)(CS(C)(=O)=O)C(=O)Nc1nnc(-c2cccnc2)s1. The fourth-order valence-electron chi connectivity index (χ4n) is 1.87. The molecule has 0 atom stereocenters. The van der Waals surface area contributed by atoms with Crippen LogP contribution in [0.15, 0.2) is 24.5 Å². The smallest absolute Gasteiger partial charge is 0.232 e. The first kappa shape index (κ1) is 16.5. The third kappa shape index (κ3) is 4.31. The topological polar surface area (TPSA) is 102 Å². The van der Waals surface area contributed by atoms with Crippen molar-refractivity contribution >= 4 is 32.2 Å². The number of aromatic nitrogens is 3. The molecule has 0 aliphatic carbocycles. The summed E-state index contributed by atoms with van der Waals surface area (Å²) >= 11 is 1.20. The molecule has 0 radical (unpaired) electrons. The number of sulfone groups is 1. The molecule has 7 nitrogen and oxygen atoms in total. The molecule has 2 rings (SSSR count). The van der Waals surface area contributed by atoms with Gasteiger partial charge in [-0.3, -0.25) is 9.78 Å². The Hall–Kier alpha value is -1.87. The number of carbonyl (C=O) groups is 1. The Kier molecular flexibility index (Phi) is 4.57. The minimum atomic E-state index is -3.26. The van der Waals surface area contributed by atoms with Crippen LogP contribution in [0.1, 0.15) is 13.8 Å². The van der Waals surface area contributed by atoms with Gasteiger partial charge in [0.15, 0.2) is 5.01 Å². The first-order chi connectivity index (χ1) is 10.2.